The van der Waals surface area contributed by atoms with Gasteiger partial charge in [0.05, 0.1) is 16.4 Å². The molecule has 3 rings (SSSR count). The number of aryl methyl sites for hydroxylation is 1. The summed E-state index contributed by atoms with van der Waals surface area (Å²) in [6, 6.07) is 6.46. The smallest absolute Gasteiger partial charge is 0.127 e. The van der Waals surface area contributed by atoms with Crippen molar-refractivity contribution in [3.8, 4) is 0 Å². The highest BCUT2D eigenvalue weighted by Gasteiger charge is 2.20. The third-order valence-corrected chi connectivity index (χ3v) is 4.95. The molecule has 102 valence electrons. The maximum absolute atomic E-state index is 6.30. The van der Waals surface area contributed by atoms with Crippen LogP contribution >= 0.6 is 34.2 Å². The molecule has 0 amide bonds. The van der Waals surface area contributed by atoms with Crippen LogP contribution in [0.3, 0.4) is 0 Å². The second-order valence-electron chi connectivity index (χ2n) is 5.46. The van der Waals surface area contributed by atoms with Crippen molar-refractivity contribution in [2.24, 2.45) is 5.92 Å². The van der Waals surface area contributed by atoms with Crippen LogP contribution in [0, 0.1) is 9.49 Å². The molecule has 4 heteroatoms. The number of fused-ring (bicyclic) bond motifs is 1. The zero-order valence-electron chi connectivity index (χ0n) is 11.1. The third kappa shape index (κ3) is 2.77. The van der Waals surface area contributed by atoms with Crippen LogP contribution in [0.15, 0.2) is 18.2 Å². The number of hydrogen-bond donors (Lipinski definition) is 0. The highest BCUT2D eigenvalue weighted by atomic mass is 127. The Morgan fingerprint density at radius 3 is 2.89 bits per heavy atom. The molecule has 19 heavy (non-hydrogen) atoms. The summed E-state index contributed by atoms with van der Waals surface area (Å²) in [5, 5.41) is -0.0357. The van der Waals surface area contributed by atoms with Crippen LogP contribution in [0.4, 0.5) is 0 Å². The number of hydrogen-bond acceptors (Lipinski definition) is 1. The molecule has 0 N–H and O–H groups in total. The summed E-state index contributed by atoms with van der Waals surface area (Å²) in [5.41, 5.74) is 2.30. The quantitative estimate of drug-likeness (QED) is 0.524. The lowest BCUT2D eigenvalue weighted by molar-refractivity contribution is 0.282. The minimum Gasteiger partial charge on any atom is -0.327 e. The number of benzene rings is 1. The van der Waals surface area contributed by atoms with E-state index in [9.17, 15) is 0 Å². The maximum atomic E-state index is 6.30. The van der Waals surface area contributed by atoms with Crippen molar-refractivity contribution in [3.05, 3.63) is 27.6 Å². The lowest BCUT2D eigenvalue weighted by atomic mass is 9.83. The summed E-state index contributed by atoms with van der Waals surface area (Å²) < 4.78 is 3.55. The van der Waals surface area contributed by atoms with Gasteiger partial charge in [-0.3, -0.25) is 0 Å². The number of aromatic nitrogens is 2. The van der Waals surface area contributed by atoms with Gasteiger partial charge in [0.1, 0.15) is 5.82 Å². The molecule has 1 heterocycles. The van der Waals surface area contributed by atoms with Crippen molar-refractivity contribution in [2.45, 2.75) is 44.5 Å². The normalized spacial score (nSPS) is 17.6. The highest BCUT2D eigenvalue weighted by Crippen LogP contribution is 2.32. The lowest BCUT2D eigenvalue weighted by Crippen LogP contribution is -2.15. The summed E-state index contributed by atoms with van der Waals surface area (Å²) >= 11 is 8.63. The Kier molecular flexibility index (Phi) is 4.03. The van der Waals surface area contributed by atoms with E-state index >= 15 is 0 Å². The van der Waals surface area contributed by atoms with E-state index < -0.39 is 0 Å². The molecular weight excluding hydrogens is 371 g/mol. The predicted octanol–water partition coefficient (Wildman–Crippen LogP) is 5.13. The molecule has 0 saturated heterocycles. The first-order valence-electron chi connectivity index (χ1n) is 6.95. The summed E-state index contributed by atoms with van der Waals surface area (Å²) in [7, 11) is 0. The predicted molar refractivity (Wildman–Crippen MR) is 88.7 cm³/mol. The average Bonchev–Trinajstić information content (AvgIpc) is 2.65. The fourth-order valence-electron chi connectivity index (χ4n) is 2.75. The van der Waals surface area contributed by atoms with Gasteiger partial charge in [-0.25, -0.2) is 4.98 Å². The molecule has 0 aliphatic heterocycles. The average molecular weight is 389 g/mol. The molecule has 0 spiro atoms. The Balaban J connectivity index is 1.95. The van der Waals surface area contributed by atoms with Crippen LogP contribution in [0.5, 0.6) is 0 Å². The Hall–Kier alpha value is -0.290. The number of alkyl halides is 1. The second-order valence-corrected chi connectivity index (χ2v) is 7.36. The molecule has 2 aromatic rings. The van der Waals surface area contributed by atoms with Gasteiger partial charge in [-0.05, 0) is 60.1 Å². The van der Waals surface area contributed by atoms with E-state index in [0.29, 0.717) is 0 Å². The lowest BCUT2D eigenvalue weighted by Gasteiger charge is -2.25. The Bertz CT molecular complexity index is 587. The minimum atomic E-state index is -0.0357. The second kappa shape index (κ2) is 5.60. The third-order valence-electron chi connectivity index (χ3n) is 4.08. The summed E-state index contributed by atoms with van der Waals surface area (Å²) in [6.45, 7) is 3.06. The number of halogens is 2. The van der Waals surface area contributed by atoms with E-state index in [1.54, 1.807) is 0 Å². The first-order chi connectivity index (χ1) is 9.15. The van der Waals surface area contributed by atoms with Gasteiger partial charge in [-0.2, -0.15) is 0 Å². The molecule has 1 aliphatic rings. The summed E-state index contributed by atoms with van der Waals surface area (Å²) in [6.07, 6.45) is 5.47. The molecule has 1 unspecified atom stereocenters. The Morgan fingerprint density at radius 2 is 2.26 bits per heavy atom. The van der Waals surface area contributed by atoms with Gasteiger partial charge < -0.3 is 4.57 Å². The van der Waals surface area contributed by atoms with Crippen LogP contribution in [0.2, 0.25) is 0 Å². The van der Waals surface area contributed by atoms with Crippen molar-refractivity contribution < 1.29 is 0 Å². The van der Waals surface area contributed by atoms with Crippen molar-refractivity contribution in [1.29, 1.82) is 0 Å². The fraction of sp³-hybridized carbons (Fsp3) is 0.533. The van der Waals surface area contributed by atoms with E-state index in [-0.39, 0.29) is 5.38 Å². The van der Waals surface area contributed by atoms with Gasteiger partial charge in [0, 0.05) is 10.1 Å². The highest BCUT2D eigenvalue weighted by molar-refractivity contribution is 14.1. The fourth-order valence-corrected chi connectivity index (χ4v) is 3.39. The zero-order valence-corrected chi connectivity index (χ0v) is 14.0. The topological polar surface area (TPSA) is 17.8 Å². The molecule has 1 fully saturated rings. The molecule has 2 nitrogen and oxygen atoms in total. The molecule has 0 radical (unpaired) electrons. The van der Waals surface area contributed by atoms with E-state index in [1.165, 1.54) is 34.8 Å². The van der Waals surface area contributed by atoms with E-state index in [2.05, 4.69) is 45.4 Å². The Morgan fingerprint density at radius 1 is 1.47 bits per heavy atom. The van der Waals surface area contributed by atoms with Crippen LogP contribution in [0.25, 0.3) is 11.0 Å². The van der Waals surface area contributed by atoms with Crippen molar-refractivity contribution in [2.75, 3.05) is 0 Å². The molecular formula is C15H18ClIN2. The van der Waals surface area contributed by atoms with Crippen molar-refractivity contribution in [1.82, 2.24) is 9.55 Å². The van der Waals surface area contributed by atoms with Crippen molar-refractivity contribution in [3.63, 3.8) is 0 Å². The van der Waals surface area contributed by atoms with Gasteiger partial charge in [0.2, 0.25) is 0 Å². The van der Waals surface area contributed by atoms with Crippen LogP contribution in [-0.2, 0) is 6.54 Å². The maximum Gasteiger partial charge on any atom is 0.127 e. The van der Waals surface area contributed by atoms with Crippen LogP contribution < -0.4 is 0 Å². The van der Waals surface area contributed by atoms with Gasteiger partial charge in [0.25, 0.3) is 0 Å². The van der Waals surface area contributed by atoms with Gasteiger partial charge in [-0.1, -0.05) is 19.3 Å². The molecule has 1 aromatic carbocycles. The van der Waals surface area contributed by atoms with Crippen LogP contribution in [0.1, 0.15) is 43.8 Å². The number of imidazole rings is 1. The van der Waals surface area contributed by atoms with E-state index in [1.807, 2.05) is 6.92 Å². The van der Waals surface area contributed by atoms with Crippen LogP contribution in [-0.4, -0.2) is 9.55 Å². The van der Waals surface area contributed by atoms with Crippen molar-refractivity contribution >= 4 is 45.2 Å². The van der Waals surface area contributed by atoms with Gasteiger partial charge in [-0.15, -0.1) is 11.6 Å². The SMILES string of the molecule is CC(Cl)c1nc2cc(I)ccc2n1CCC1CCC1. The Labute approximate surface area is 132 Å². The first-order valence-corrected chi connectivity index (χ1v) is 8.46. The molecule has 0 bridgehead atoms. The monoisotopic (exact) mass is 388 g/mol. The molecule has 1 aromatic heterocycles. The molecule has 1 atom stereocenters. The van der Waals surface area contributed by atoms with Gasteiger partial charge >= 0.3 is 0 Å². The number of rotatable bonds is 4. The van der Waals surface area contributed by atoms with Gasteiger partial charge in [0.15, 0.2) is 0 Å². The standard InChI is InChI=1S/C15H18ClIN2/c1-10(16)15-18-13-9-12(17)5-6-14(13)19(15)8-7-11-3-2-4-11/h5-6,9-11H,2-4,7-8H2,1H3. The molecule has 1 aliphatic carbocycles. The molecule has 1 saturated carbocycles. The van der Waals surface area contributed by atoms with E-state index in [4.69, 9.17) is 16.6 Å². The zero-order chi connectivity index (χ0) is 13.4. The van der Waals surface area contributed by atoms with E-state index in [0.717, 1.165) is 23.8 Å². The summed E-state index contributed by atoms with van der Waals surface area (Å²) in [5.74, 6) is 1.93. The number of nitrogens with zero attached hydrogens (tertiary/aromatic N) is 2. The largest absolute Gasteiger partial charge is 0.327 e. The first kappa shape index (κ1) is 13.7. The summed E-state index contributed by atoms with van der Waals surface area (Å²) in [4.78, 5) is 4.72. The minimum absolute atomic E-state index is 0.0357.